The van der Waals surface area contributed by atoms with Gasteiger partial charge >= 0.3 is 5.97 Å². The summed E-state index contributed by atoms with van der Waals surface area (Å²) in [4.78, 5) is 30.0. The van der Waals surface area contributed by atoms with Crippen LogP contribution in [0.4, 0.5) is 0 Å². The fourth-order valence-electron chi connectivity index (χ4n) is 5.51. The molecule has 2 saturated heterocycles. The molecule has 1 aliphatic carbocycles. The van der Waals surface area contributed by atoms with Crippen LogP contribution in [0, 0.1) is 11.3 Å². The number of carbonyl (C=O) groups excluding carboxylic acids is 1. The molecule has 1 unspecified atom stereocenters. The standard InChI is InChI=1S/C23H31ClN2O3.C6H5Cl/c24-19-7-5-18(6-8-19)20-9-10-23(15-21(27)28,11-14-25-12-1-2-13-25)22(29)26(20)16-17-3-4-17;7-6-4-2-1-3-5-6/h5-8,17,20H,1-4,9-16H2,(H,27,28);1-5H/t20?,23-;/m0./s1. The number of benzene rings is 2. The number of carbonyl (C=O) groups is 2. The van der Waals surface area contributed by atoms with Crippen LogP contribution >= 0.6 is 23.2 Å². The van der Waals surface area contributed by atoms with Crippen LogP contribution in [0.25, 0.3) is 0 Å². The van der Waals surface area contributed by atoms with E-state index in [2.05, 4.69) is 4.90 Å². The lowest BCUT2D eigenvalue weighted by Crippen LogP contribution is -2.52. The number of carboxylic acids is 1. The van der Waals surface area contributed by atoms with E-state index in [0.29, 0.717) is 23.8 Å². The first-order chi connectivity index (χ1) is 17.4. The number of hydrogen-bond donors (Lipinski definition) is 1. The van der Waals surface area contributed by atoms with Crippen molar-refractivity contribution in [3.63, 3.8) is 0 Å². The Kier molecular flexibility index (Phi) is 9.32. The lowest BCUT2D eigenvalue weighted by atomic mass is 9.71. The van der Waals surface area contributed by atoms with Gasteiger partial charge in [0, 0.05) is 16.6 Å². The van der Waals surface area contributed by atoms with Crippen molar-refractivity contribution in [2.45, 2.75) is 57.4 Å². The van der Waals surface area contributed by atoms with Gasteiger partial charge in [-0.05, 0) is 100 Å². The molecule has 2 aromatic rings. The topological polar surface area (TPSA) is 60.9 Å². The van der Waals surface area contributed by atoms with Crippen LogP contribution in [0.5, 0.6) is 0 Å². The second-order valence-electron chi connectivity index (χ2n) is 10.5. The zero-order valence-electron chi connectivity index (χ0n) is 20.8. The van der Waals surface area contributed by atoms with Crippen LogP contribution in [0.3, 0.4) is 0 Å². The number of carboxylic acid groups (broad SMARTS) is 1. The lowest BCUT2D eigenvalue weighted by molar-refractivity contribution is -0.158. The summed E-state index contributed by atoms with van der Waals surface area (Å²) in [6.07, 6.45) is 6.76. The first kappa shape index (κ1) is 27.0. The normalized spacial score (nSPS) is 24.3. The Morgan fingerprint density at radius 2 is 1.58 bits per heavy atom. The van der Waals surface area contributed by atoms with Gasteiger partial charge in [0.05, 0.1) is 17.9 Å². The van der Waals surface area contributed by atoms with Crippen molar-refractivity contribution in [2.75, 3.05) is 26.2 Å². The first-order valence-electron chi connectivity index (χ1n) is 13.1. The van der Waals surface area contributed by atoms with Gasteiger partial charge in [-0.3, -0.25) is 9.59 Å². The molecule has 2 atom stereocenters. The van der Waals surface area contributed by atoms with Crippen molar-refractivity contribution in [1.82, 2.24) is 9.80 Å². The quantitative estimate of drug-likeness (QED) is 0.412. The number of likely N-dealkylation sites (tertiary alicyclic amines) is 2. The number of rotatable bonds is 8. The van der Waals surface area contributed by atoms with Crippen molar-refractivity contribution in [3.05, 3.63) is 70.2 Å². The molecule has 5 rings (SSSR count). The summed E-state index contributed by atoms with van der Waals surface area (Å²) < 4.78 is 0. The van der Waals surface area contributed by atoms with E-state index in [0.717, 1.165) is 56.0 Å². The average Bonchev–Trinajstić information content (AvgIpc) is 3.52. The number of halogens is 2. The van der Waals surface area contributed by atoms with Crippen LogP contribution in [-0.4, -0.2) is 53.0 Å². The number of piperidine rings is 1. The highest BCUT2D eigenvalue weighted by molar-refractivity contribution is 6.30. The molecular formula is C29H36Cl2N2O3. The van der Waals surface area contributed by atoms with Crippen molar-refractivity contribution < 1.29 is 14.7 Å². The largest absolute Gasteiger partial charge is 0.481 e. The highest BCUT2D eigenvalue weighted by Crippen LogP contribution is 2.47. The Hall–Kier alpha value is -2.08. The summed E-state index contributed by atoms with van der Waals surface area (Å²) in [6.45, 7) is 3.70. The van der Waals surface area contributed by atoms with Crippen LogP contribution in [0.2, 0.25) is 10.0 Å². The molecule has 3 fully saturated rings. The van der Waals surface area contributed by atoms with E-state index < -0.39 is 11.4 Å². The zero-order chi connectivity index (χ0) is 25.5. The molecule has 36 heavy (non-hydrogen) atoms. The van der Waals surface area contributed by atoms with Crippen LogP contribution in [0.1, 0.15) is 63.0 Å². The fraction of sp³-hybridized carbons (Fsp3) is 0.517. The maximum absolute atomic E-state index is 13.8. The molecule has 1 amide bonds. The summed E-state index contributed by atoms with van der Waals surface area (Å²) in [6, 6.07) is 17.2. The molecule has 0 radical (unpaired) electrons. The maximum Gasteiger partial charge on any atom is 0.304 e. The molecule has 2 heterocycles. The second kappa shape index (κ2) is 12.4. The summed E-state index contributed by atoms with van der Waals surface area (Å²) in [5.41, 5.74) is 0.332. The highest BCUT2D eigenvalue weighted by Gasteiger charge is 2.49. The van der Waals surface area contributed by atoms with E-state index in [4.69, 9.17) is 23.2 Å². The van der Waals surface area contributed by atoms with Gasteiger partial charge in [-0.2, -0.15) is 0 Å². The minimum Gasteiger partial charge on any atom is -0.481 e. The van der Waals surface area contributed by atoms with Crippen molar-refractivity contribution in [3.8, 4) is 0 Å². The fourth-order valence-corrected chi connectivity index (χ4v) is 5.78. The van der Waals surface area contributed by atoms with Crippen molar-refractivity contribution >= 4 is 35.1 Å². The molecule has 194 valence electrons. The summed E-state index contributed by atoms with van der Waals surface area (Å²) in [5, 5.41) is 11.1. The Balaban J connectivity index is 0.000000375. The minimum absolute atomic E-state index is 0.0223. The van der Waals surface area contributed by atoms with E-state index in [1.807, 2.05) is 59.5 Å². The third kappa shape index (κ3) is 7.24. The molecule has 5 nitrogen and oxygen atoms in total. The SMILES string of the molecule is Clc1ccccc1.O=C(O)C[C@@]1(CCN2CCCC2)CCC(c2ccc(Cl)cc2)N(CC2CC2)C1=O. The van der Waals surface area contributed by atoms with Gasteiger partial charge in [0.15, 0.2) is 0 Å². The minimum atomic E-state index is -0.865. The molecule has 7 heteroatoms. The summed E-state index contributed by atoms with van der Waals surface area (Å²) >= 11 is 11.6. The van der Waals surface area contributed by atoms with Crippen LogP contribution < -0.4 is 0 Å². The van der Waals surface area contributed by atoms with E-state index in [9.17, 15) is 14.7 Å². The molecule has 1 saturated carbocycles. The molecule has 2 aromatic carbocycles. The van der Waals surface area contributed by atoms with E-state index in [-0.39, 0.29) is 18.4 Å². The van der Waals surface area contributed by atoms with Gasteiger partial charge < -0.3 is 14.9 Å². The van der Waals surface area contributed by atoms with Gasteiger partial charge in [0.25, 0.3) is 0 Å². The van der Waals surface area contributed by atoms with Gasteiger partial charge in [0.1, 0.15) is 0 Å². The Bertz CT molecular complexity index is 1010. The van der Waals surface area contributed by atoms with Gasteiger partial charge in [-0.15, -0.1) is 0 Å². The number of amides is 1. The molecule has 0 spiro atoms. The molecule has 0 aromatic heterocycles. The Labute approximate surface area is 224 Å². The highest BCUT2D eigenvalue weighted by atomic mass is 35.5. The zero-order valence-corrected chi connectivity index (χ0v) is 22.3. The first-order valence-corrected chi connectivity index (χ1v) is 13.8. The van der Waals surface area contributed by atoms with E-state index >= 15 is 0 Å². The molecular weight excluding hydrogens is 495 g/mol. The smallest absolute Gasteiger partial charge is 0.304 e. The van der Waals surface area contributed by atoms with Gasteiger partial charge in [-0.25, -0.2) is 0 Å². The predicted octanol–water partition coefficient (Wildman–Crippen LogP) is 6.70. The number of nitrogens with zero attached hydrogens (tertiary/aromatic N) is 2. The molecule has 1 N–H and O–H groups in total. The van der Waals surface area contributed by atoms with Gasteiger partial charge in [0.2, 0.25) is 5.91 Å². The summed E-state index contributed by atoms with van der Waals surface area (Å²) in [7, 11) is 0. The van der Waals surface area contributed by atoms with Crippen molar-refractivity contribution in [2.24, 2.45) is 11.3 Å². The maximum atomic E-state index is 13.8. The lowest BCUT2D eigenvalue weighted by Gasteiger charge is -2.46. The predicted molar refractivity (Wildman–Crippen MR) is 144 cm³/mol. The molecule has 0 bridgehead atoms. The third-order valence-electron chi connectivity index (χ3n) is 7.72. The number of hydrogen-bond acceptors (Lipinski definition) is 3. The molecule has 2 aliphatic heterocycles. The van der Waals surface area contributed by atoms with Crippen molar-refractivity contribution in [1.29, 1.82) is 0 Å². The van der Waals surface area contributed by atoms with Gasteiger partial charge in [-0.1, -0.05) is 53.5 Å². The van der Waals surface area contributed by atoms with E-state index in [1.54, 1.807) is 0 Å². The Morgan fingerprint density at radius 3 is 2.14 bits per heavy atom. The average molecular weight is 532 g/mol. The van der Waals surface area contributed by atoms with Crippen LogP contribution in [0.15, 0.2) is 54.6 Å². The molecule has 3 aliphatic rings. The summed E-state index contributed by atoms with van der Waals surface area (Å²) in [5.74, 6) is -0.249. The second-order valence-corrected chi connectivity index (χ2v) is 11.3. The van der Waals surface area contributed by atoms with E-state index in [1.165, 1.54) is 12.8 Å². The number of aliphatic carboxylic acids is 1. The third-order valence-corrected chi connectivity index (χ3v) is 8.23. The monoisotopic (exact) mass is 530 g/mol. The van der Waals surface area contributed by atoms with Crippen LogP contribution in [-0.2, 0) is 9.59 Å². The Morgan fingerprint density at radius 1 is 0.944 bits per heavy atom.